The number of esters is 1. The molecule has 1 heterocycles. The molecule has 168 valence electrons. The van der Waals surface area contributed by atoms with Crippen LogP contribution >= 0.6 is 8.03 Å². The summed E-state index contributed by atoms with van der Waals surface area (Å²) in [5, 5.41) is -0.717. The van der Waals surface area contributed by atoms with Gasteiger partial charge in [-0.2, -0.15) is 0 Å². The molecule has 0 aliphatic rings. The minimum atomic E-state index is -2.82. The number of ether oxygens (including phenoxy) is 1. The van der Waals surface area contributed by atoms with E-state index in [1.807, 2.05) is 38.1 Å². The zero-order chi connectivity index (χ0) is 23.5. The number of aromatic nitrogens is 1. The predicted molar refractivity (Wildman–Crippen MR) is 126 cm³/mol. The average molecular weight is 455 g/mol. The minimum absolute atomic E-state index is 0.0826. The Hall–Kier alpha value is -2.82. The smallest absolute Gasteiger partial charge is 0.331 e. The van der Waals surface area contributed by atoms with E-state index in [2.05, 4.69) is 6.58 Å². The first kappa shape index (κ1) is 23.8. The van der Waals surface area contributed by atoms with Crippen LogP contribution < -0.4 is 4.74 Å². The molecule has 0 spiro atoms. The highest BCUT2D eigenvalue weighted by molar-refractivity contribution is 7.42. The van der Waals surface area contributed by atoms with Gasteiger partial charge in [-0.15, -0.1) is 6.58 Å². The van der Waals surface area contributed by atoms with E-state index in [1.54, 1.807) is 19.1 Å². The minimum Gasteiger partial charge on any atom is -0.423 e. The number of carbonyl (C=O) groups is 1. The summed E-state index contributed by atoms with van der Waals surface area (Å²) in [6.07, 6.45) is 1.53. The maximum absolute atomic E-state index is 13.7. The lowest BCUT2D eigenvalue weighted by atomic mass is 9.95. The SMILES string of the molecule is C=CC(CC)(C(=O)Oc1c(C(C)C)nc2ccccc2c1-c1ccc(F)cc1)[PH](=O)OC. The molecule has 5 nitrogen and oxygen atoms in total. The average Bonchev–Trinajstić information content (AvgIpc) is 2.80. The van der Waals surface area contributed by atoms with Crippen LogP contribution in [0.25, 0.3) is 22.0 Å². The number of hydrogen-bond acceptors (Lipinski definition) is 5. The summed E-state index contributed by atoms with van der Waals surface area (Å²) in [5.74, 6) is -0.908. The van der Waals surface area contributed by atoms with E-state index in [4.69, 9.17) is 14.2 Å². The summed E-state index contributed by atoms with van der Waals surface area (Å²) in [6.45, 7) is 9.34. The Kier molecular flexibility index (Phi) is 7.27. The lowest BCUT2D eigenvalue weighted by Gasteiger charge is -2.27. The second-order valence-electron chi connectivity index (χ2n) is 7.79. The molecule has 0 saturated heterocycles. The molecule has 0 amide bonds. The molecule has 1 aromatic heterocycles. The maximum Gasteiger partial charge on any atom is 0.331 e. The van der Waals surface area contributed by atoms with Crippen molar-refractivity contribution in [2.75, 3.05) is 7.11 Å². The van der Waals surface area contributed by atoms with Crippen molar-refractivity contribution in [3.8, 4) is 16.9 Å². The summed E-state index contributed by atoms with van der Waals surface area (Å²) < 4.78 is 37.4. The van der Waals surface area contributed by atoms with Crippen LogP contribution in [0.4, 0.5) is 4.39 Å². The Morgan fingerprint density at radius 3 is 2.44 bits per heavy atom. The van der Waals surface area contributed by atoms with Crippen molar-refractivity contribution in [2.24, 2.45) is 0 Å². The lowest BCUT2D eigenvalue weighted by Crippen LogP contribution is -2.36. The van der Waals surface area contributed by atoms with Gasteiger partial charge in [-0.3, -0.25) is 9.36 Å². The van der Waals surface area contributed by atoms with Crippen LogP contribution in [0, 0.1) is 5.82 Å². The molecule has 0 saturated carbocycles. The van der Waals surface area contributed by atoms with Crippen LogP contribution in [0.15, 0.2) is 61.2 Å². The highest BCUT2D eigenvalue weighted by atomic mass is 31.1. The van der Waals surface area contributed by atoms with Crippen molar-refractivity contribution in [3.05, 3.63) is 72.7 Å². The van der Waals surface area contributed by atoms with E-state index in [0.29, 0.717) is 16.8 Å². The number of rotatable bonds is 8. The first-order chi connectivity index (χ1) is 15.3. The fourth-order valence-corrected chi connectivity index (χ4v) is 4.70. The summed E-state index contributed by atoms with van der Waals surface area (Å²) in [4.78, 5) is 18.2. The van der Waals surface area contributed by atoms with Crippen LogP contribution in [0.2, 0.25) is 0 Å². The normalized spacial score (nSPS) is 14.2. The van der Waals surface area contributed by atoms with Crippen LogP contribution in [0.3, 0.4) is 0 Å². The Morgan fingerprint density at radius 2 is 1.88 bits per heavy atom. The number of halogens is 1. The molecular formula is C25H27FNO4P. The first-order valence-electron chi connectivity index (χ1n) is 10.4. The van der Waals surface area contributed by atoms with E-state index < -0.39 is 19.2 Å². The molecule has 3 aromatic rings. The molecule has 3 rings (SSSR count). The van der Waals surface area contributed by atoms with Gasteiger partial charge in [0, 0.05) is 18.1 Å². The third-order valence-electron chi connectivity index (χ3n) is 5.57. The van der Waals surface area contributed by atoms with Gasteiger partial charge in [-0.05, 0) is 36.1 Å². The largest absolute Gasteiger partial charge is 0.423 e. The Morgan fingerprint density at radius 1 is 1.22 bits per heavy atom. The zero-order valence-corrected chi connectivity index (χ0v) is 19.6. The molecule has 7 heteroatoms. The van der Waals surface area contributed by atoms with E-state index in [0.717, 1.165) is 10.9 Å². The summed E-state index contributed by atoms with van der Waals surface area (Å²) in [5.41, 5.74) is 2.60. The molecule has 2 unspecified atom stereocenters. The van der Waals surface area contributed by atoms with Crippen molar-refractivity contribution in [1.82, 2.24) is 4.98 Å². The van der Waals surface area contributed by atoms with Crippen molar-refractivity contribution >= 4 is 24.9 Å². The van der Waals surface area contributed by atoms with E-state index in [9.17, 15) is 13.8 Å². The molecule has 0 aliphatic heterocycles. The molecule has 32 heavy (non-hydrogen) atoms. The summed E-state index contributed by atoms with van der Waals surface area (Å²) >= 11 is 0. The van der Waals surface area contributed by atoms with Crippen LogP contribution in [0.5, 0.6) is 5.75 Å². The van der Waals surface area contributed by atoms with Crippen molar-refractivity contribution < 1.29 is 23.0 Å². The molecule has 0 N–H and O–H groups in total. The van der Waals surface area contributed by atoms with Gasteiger partial charge in [0.05, 0.1) is 11.2 Å². The molecule has 2 aromatic carbocycles. The van der Waals surface area contributed by atoms with Gasteiger partial charge in [0.2, 0.25) is 8.03 Å². The second kappa shape index (κ2) is 9.76. The summed E-state index contributed by atoms with van der Waals surface area (Å²) in [6, 6.07) is 13.5. The van der Waals surface area contributed by atoms with Crippen molar-refractivity contribution in [1.29, 1.82) is 0 Å². The molecule has 0 bridgehead atoms. The topological polar surface area (TPSA) is 65.5 Å². The van der Waals surface area contributed by atoms with Gasteiger partial charge in [0.25, 0.3) is 0 Å². The summed E-state index contributed by atoms with van der Waals surface area (Å²) in [7, 11) is -1.52. The van der Waals surface area contributed by atoms with Gasteiger partial charge in [-0.25, -0.2) is 9.37 Å². The monoisotopic (exact) mass is 455 g/mol. The van der Waals surface area contributed by atoms with Crippen LogP contribution in [-0.4, -0.2) is 23.2 Å². The van der Waals surface area contributed by atoms with Crippen molar-refractivity contribution in [3.63, 3.8) is 0 Å². The number of pyridine rings is 1. The fourth-order valence-electron chi connectivity index (χ4n) is 3.66. The number of para-hydroxylation sites is 1. The quantitative estimate of drug-likeness (QED) is 0.220. The molecule has 0 fully saturated rings. The molecule has 0 aliphatic carbocycles. The molecule has 2 atom stereocenters. The Bertz CT molecular complexity index is 1180. The number of nitrogens with zero attached hydrogens (tertiary/aromatic N) is 1. The fraction of sp³-hybridized carbons (Fsp3) is 0.280. The zero-order valence-electron chi connectivity index (χ0n) is 18.6. The number of hydrogen-bond donors (Lipinski definition) is 0. The predicted octanol–water partition coefficient (Wildman–Crippen LogP) is 6.53. The van der Waals surface area contributed by atoms with Gasteiger partial charge in [0.15, 0.2) is 10.9 Å². The maximum atomic E-state index is 13.7. The number of benzene rings is 2. The van der Waals surface area contributed by atoms with Gasteiger partial charge in [-0.1, -0.05) is 57.2 Å². The molecular weight excluding hydrogens is 428 g/mol. The highest BCUT2D eigenvalue weighted by Gasteiger charge is 2.43. The third kappa shape index (κ3) is 4.25. The van der Waals surface area contributed by atoms with Crippen LogP contribution in [-0.2, 0) is 13.9 Å². The first-order valence-corrected chi connectivity index (χ1v) is 11.7. The van der Waals surface area contributed by atoms with Gasteiger partial charge in [0.1, 0.15) is 5.82 Å². The Labute approximate surface area is 188 Å². The lowest BCUT2D eigenvalue weighted by molar-refractivity contribution is -0.136. The number of carbonyl (C=O) groups excluding carboxylic acids is 1. The van der Waals surface area contributed by atoms with Gasteiger partial charge >= 0.3 is 5.97 Å². The standard InChI is InChI=1S/C25H27FNO4P/c1-6-25(7-2,32(29)30-5)24(28)31-23-21(17-12-14-18(26)15-13-17)19-10-8-9-11-20(19)27-22(23)16(3)4/h6,8-16,32H,1,7H2,2-5H3. The highest BCUT2D eigenvalue weighted by Crippen LogP contribution is 2.46. The van der Waals surface area contributed by atoms with Crippen molar-refractivity contribution in [2.45, 2.75) is 38.3 Å². The third-order valence-corrected chi connectivity index (χ3v) is 7.43. The second-order valence-corrected chi connectivity index (χ2v) is 9.67. The number of fused-ring (bicyclic) bond motifs is 1. The van der Waals surface area contributed by atoms with Crippen LogP contribution in [0.1, 0.15) is 38.8 Å². The Balaban J connectivity index is 2.31. The molecule has 0 radical (unpaired) electrons. The van der Waals surface area contributed by atoms with Gasteiger partial charge < -0.3 is 9.26 Å². The van der Waals surface area contributed by atoms with E-state index >= 15 is 0 Å². The van der Waals surface area contributed by atoms with E-state index in [-0.39, 0.29) is 23.9 Å². The van der Waals surface area contributed by atoms with E-state index in [1.165, 1.54) is 25.3 Å².